The van der Waals surface area contributed by atoms with Crippen LogP contribution < -0.4 is 11.1 Å². The first-order valence-corrected chi connectivity index (χ1v) is 5.95. The van der Waals surface area contributed by atoms with Gasteiger partial charge in [-0.05, 0) is 25.3 Å². The monoisotopic (exact) mass is 230 g/mol. The van der Waals surface area contributed by atoms with Gasteiger partial charge in [0.2, 0.25) is 5.91 Å². The molecule has 0 heterocycles. The number of hydrogen-bond acceptors (Lipinski definition) is 4. The van der Waals surface area contributed by atoms with Crippen molar-refractivity contribution in [2.75, 3.05) is 19.7 Å². The molecule has 0 aromatic heterocycles. The summed E-state index contributed by atoms with van der Waals surface area (Å²) < 4.78 is 0. The second kappa shape index (κ2) is 6.83. The van der Waals surface area contributed by atoms with Crippen molar-refractivity contribution in [1.82, 2.24) is 5.32 Å². The molecule has 0 saturated heterocycles. The number of nitrogens with two attached hydrogens (primary N) is 1. The van der Waals surface area contributed by atoms with Gasteiger partial charge in [0.15, 0.2) is 0 Å². The average Bonchev–Trinajstić information content (AvgIpc) is 2.35. The molecule has 5 N–H and O–H groups in total. The van der Waals surface area contributed by atoms with E-state index >= 15 is 0 Å². The van der Waals surface area contributed by atoms with E-state index in [1.54, 1.807) is 0 Å². The van der Waals surface area contributed by atoms with Crippen LogP contribution in [0.25, 0.3) is 0 Å². The van der Waals surface area contributed by atoms with E-state index in [1.807, 2.05) is 0 Å². The van der Waals surface area contributed by atoms with Gasteiger partial charge in [-0.2, -0.15) is 0 Å². The summed E-state index contributed by atoms with van der Waals surface area (Å²) in [4.78, 5) is 11.8. The summed E-state index contributed by atoms with van der Waals surface area (Å²) >= 11 is 0. The van der Waals surface area contributed by atoms with Crippen molar-refractivity contribution in [2.45, 2.75) is 31.8 Å². The molecule has 0 radical (unpaired) electrons. The summed E-state index contributed by atoms with van der Waals surface area (Å²) in [6.07, 6.45) is 3.23. The van der Waals surface area contributed by atoms with Crippen LogP contribution in [0.4, 0.5) is 0 Å². The van der Waals surface area contributed by atoms with E-state index in [0.29, 0.717) is 6.54 Å². The van der Waals surface area contributed by atoms with Gasteiger partial charge in [-0.25, -0.2) is 0 Å². The molecule has 1 saturated carbocycles. The molecule has 94 valence electrons. The predicted molar refractivity (Wildman–Crippen MR) is 60.6 cm³/mol. The van der Waals surface area contributed by atoms with Gasteiger partial charge in [-0.1, -0.05) is 12.8 Å². The minimum Gasteiger partial charge on any atom is -0.394 e. The highest BCUT2D eigenvalue weighted by molar-refractivity contribution is 5.79. The summed E-state index contributed by atoms with van der Waals surface area (Å²) in [7, 11) is 0. The quantitative estimate of drug-likeness (QED) is 0.498. The van der Waals surface area contributed by atoms with Crippen LogP contribution in [0.15, 0.2) is 0 Å². The third kappa shape index (κ3) is 3.73. The molecule has 1 amide bonds. The molecule has 3 unspecified atom stereocenters. The molecule has 0 spiro atoms. The zero-order chi connectivity index (χ0) is 12.0. The highest BCUT2D eigenvalue weighted by atomic mass is 16.3. The molecule has 1 rings (SSSR count). The van der Waals surface area contributed by atoms with E-state index in [-0.39, 0.29) is 30.9 Å². The van der Waals surface area contributed by atoms with Crippen LogP contribution in [-0.4, -0.2) is 41.9 Å². The highest BCUT2D eigenvalue weighted by Gasteiger charge is 2.29. The van der Waals surface area contributed by atoms with Gasteiger partial charge in [0.25, 0.3) is 0 Å². The van der Waals surface area contributed by atoms with E-state index in [1.165, 1.54) is 0 Å². The molecule has 3 atom stereocenters. The summed E-state index contributed by atoms with van der Waals surface area (Å²) in [5.74, 6) is 0.201. The fourth-order valence-corrected chi connectivity index (χ4v) is 2.25. The Hall–Kier alpha value is -0.650. The Labute approximate surface area is 96.0 Å². The Morgan fingerprint density at radius 3 is 2.75 bits per heavy atom. The Balaban J connectivity index is 2.38. The molecule has 0 aliphatic heterocycles. The van der Waals surface area contributed by atoms with E-state index in [0.717, 1.165) is 25.7 Å². The smallest absolute Gasteiger partial charge is 0.223 e. The predicted octanol–water partition coefficient (Wildman–Crippen LogP) is -0.779. The molecule has 1 fully saturated rings. The molecular weight excluding hydrogens is 208 g/mol. The lowest BCUT2D eigenvalue weighted by atomic mass is 9.79. The number of aliphatic hydroxyl groups is 2. The van der Waals surface area contributed by atoms with Crippen molar-refractivity contribution >= 4 is 5.91 Å². The first-order valence-electron chi connectivity index (χ1n) is 5.95. The minimum atomic E-state index is -0.871. The normalized spacial score (nSPS) is 27.4. The summed E-state index contributed by atoms with van der Waals surface area (Å²) in [6, 6.07) is 0. The van der Waals surface area contributed by atoms with Gasteiger partial charge in [0, 0.05) is 12.5 Å². The lowest BCUT2D eigenvalue weighted by molar-refractivity contribution is -0.128. The van der Waals surface area contributed by atoms with Gasteiger partial charge in [0.05, 0.1) is 12.7 Å². The van der Waals surface area contributed by atoms with Crippen LogP contribution in [0, 0.1) is 11.8 Å². The van der Waals surface area contributed by atoms with Crippen molar-refractivity contribution in [2.24, 2.45) is 17.6 Å². The standard InChI is InChI=1S/C11H22N2O3/c12-5-8-3-1-2-4-10(8)11(16)13-6-9(15)7-14/h8-10,14-15H,1-7,12H2,(H,13,16). The number of aliphatic hydroxyl groups excluding tert-OH is 2. The fourth-order valence-electron chi connectivity index (χ4n) is 2.25. The van der Waals surface area contributed by atoms with E-state index in [4.69, 9.17) is 15.9 Å². The molecule has 0 bridgehead atoms. The van der Waals surface area contributed by atoms with Crippen LogP contribution in [-0.2, 0) is 4.79 Å². The average molecular weight is 230 g/mol. The van der Waals surface area contributed by atoms with Crippen LogP contribution in [0.5, 0.6) is 0 Å². The molecular formula is C11H22N2O3. The number of amides is 1. The van der Waals surface area contributed by atoms with Crippen LogP contribution in [0.2, 0.25) is 0 Å². The van der Waals surface area contributed by atoms with Crippen molar-refractivity contribution in [1.29, 1.82) is 0 Å². The van der Waals surface area contributed by atoms with Crippen molar-refractivity contribution in [3.8, 4) is 0 Å². The van der Waals surface area contributed by atoms with Crippen molar-refractivity contribution in [3.63, 3.8) is 0 Å². The fraction of sp³-hybridized carbons (Fsp3) is 0.909. The third-order valence-electron chi connectivity index (χ3n) is 3.27. The van der Waals surface area contributed by atoms with Crippen LogP contribution in [0.1, 0.15) is 25.7 Å². The second-order valence-electron chi connectivity index (χ2n) is 4.47. The number of carbonyl (C=O) groups excluding carboxylic acids is 1. The van der Waals surface area contributed by atoms with Gasteiger partial charge >= 0.3 is 0 Å². The Morgan fingerprint density at radius 1 is 1.44 bits per heavy atom. The molecule has 0 aromatic carbocycles. The van der Waals surface area contributed by atoms with Crippen molar-refractivity contribution in [3.05, 3.63) is 0 Å². The van der Waals surface area contributed by atoms with Crippen LogP contribution >= 0.6 is 0 Å². The zero-order valence-electron chi connectivity index (χ0n) is 9.56. The highest BCUT2D eigenvalue weighted by Crippen LogP contribution is 2.29. The SMILES string of the molecule is NCC1CCCCC1C(=O)NCC(O)CO. The van der Waals surface area contributed by atoms with Gasteiger partial charge in [-0.15, -0.1) is 0 Å². The van der Waals surface area contributed by atoms with E-state index in [9.17, 15) is 4.79 Å². The first-order chi connectivity index (χ1) is 7.69. The number of rotatable bonds is 5. The molecule has 0 aromatic rings. The largest absolute Gasteiger partial charge is 0.394 e. The van der Waals surface area contributed by atoms with Gasteiger partial charge < -0.3 is 21.3 Å². The van der Waals surface area contributed by atoms with Gasteiger partial charge in [0.1, 0.15) is 0 Å². The number of carbonyl (C=O) groups is 1. The maximum absolute atomic E-state index is 11.8. The topological polar surface area (TPSA) is 95.6 Å². The number of hydrogen-bond donors (Lipinski definition) is 4. The lowest BCUT2D eigenvalue weighted by Crippen LogP contribution is -2.42. The maximum atomic E-state index is 11.8. The summed E-state index contributed by atoms with van der Waals surface area (Å²) in [5.41, 5.74) is 5.64. The van der Waals surface area contributed by atoms with Gasteiger partial charge in [-0.3, -0.25) is 4.79 Å². The van der Waals surface area contributed by atoms with Crippen LogP contribution in [0.3, 0.4) is 0 Å². The maximum Gasteiger partial charge on any atom is 0.223 e. The third-order valence-corrected chi connectivity index (χ3v) is 3.27. The lowest BCUT2D eigenvalue weighted by Gasteiger charge is -2.29. The molecule has 1 aliphatic rings. The van der Waals surface area contributed by atoms with E-state index in [2.05, 4.69) is 5.32 Å². The molecule has 5 nitrogen and oxygen atoms in total. The Morgan fingerprint density at radius 2 is 2.12 bits per heavy atom. The van der Waals surface area contributed by atoms with E-state index < -0.39 is 6.10 Å². The Bertz CT molecular complexity index is 223. The first kappa shape index (κ1) is 13.4. The van der Waals surface area contributed by atoms with Crippen molar-refractivity contribution < 1.29 is 15.0 Å². The molecule has 16 heavy (non-hydrogen) atoms. The zero-order valence-corrected chi connectivity index (χ0v) is 9.56. The summed E-state index contributed by atoms with van der Waals surface area (Å²) in [5, 5.41) is 20.4. The summed E-state index contributed by atoms with van der Waals surface area (Å²) in [6.45, 7) is 0.328. The number of nitrogens with one attached hydrogen (secondary N) is 1. The second-order valence-corrected chi connectivity index (χ2v) is 4.47. The molecule has 5 heteroatoms. The minimum absolute atomic E-state index is 0.0235. The Kier molecular flexibility index (Phi) is 5.73. The molecule has 1 aliphatic carbocycles.